The van der Waals surface area contributed by atoms with Gasteiger partial charge < -0.3 is 11.1 Å². The Morgan fingerprint density at radius 3 is 2.69 bits per heavy atom. The first-order valence-electron chi connectivity index (χ1n) is 10.0. The third kappa shape index (κ3) is 4.72. The topological polar surface area (TPSA) is 97.0 Å². The molecule has 0 atom stereocenters. The molecule has 7 heteroatoms. The van der Waals surface area contributed by atoms with Crippen molar-refractivity contribution < 1.29 is 4.79 Å². The van der Waals surface area contributed by atoms with E-state index in [1.807, 2.05) is 55.4 Å². The van der Waals surface area contributed by atoms with Crippen LogP contribution in [0.5, 0.6) is 0 Å². The quantitative estimate of drug-likeness (QED) is 0.478. The summed E-state index contributed by atoms with van der Waals surface area (Å²) in [4.78, 5) is 27.5. The molecule has 0 bridgehead atoms. The van der Waals surface area contributed by atoms with Gasteiger partial charge in [-0.25, -0.2) is 9.97 Å². The molecule has 32 heavy (non-hydrogen) atoms. The van der Waals surface area contributed by atoms with Gasteiger partial charge in [-0.2, -0.15) is 0 Å². The third-order valence-electron chi connectivity index (χ3n) is 4.69. The second-order valence-corrected chi connectivity index (χ2v) is 7.44. The van der Waals surface area contributed by atoms with Crippen molar-refractivity contribution in [1.29, 1.82) is 0 Å². The SMILES string of the molecule is CN(C)CC#Cc1ccc2nc(-c3cccnc3)nc(Nc3ccccc3C(N)=O)c2c1. The van der Waals surface area contributed by atoms with E-state index >= 15 is 0 Å². The highest BCUT2D eigenvalue weighted by atomic mass is 16.1. The lowest BCUT2D eigenvalue weighted by Crippen LogP contribution is -2.13. The number of benzene rings is 2. The van der Waals surface area contributed by atoms with E-state index in [1.54, 1.807) is 30.6 Å². The number of carbonyl (C=O) groups excluding carboxylic acids is 1. The number of nitrogens with two attached hydrogens (primary N) is 1. The van der Waals surface area contributed by atoms with E-state index in [2.05, 4.69) is 22.1 Å². The minimum Gasteiger partial charge on any atom is -0.366 e. The van der Waals surface area contributed by atoms with Crippen molar-refractivity contribution in [2.75, 3.05) is 26.0 Å². The smallest absolute Gasteiger partial charge is 0.250 e. The van der Waals surface area contributed by atoms with Crippen LogP contribution >= 0.6 is 0 Å². The van der Waals surface area contributed by atoms with E-state index in [1.165, 1.54) is 0 Å². The number of fused-ring (bicyclic) bond motifs is 1. The number of anilines is 2. The molecule has 0 spiro atoms. The lowest BCUT2D eigenvalue weighted by atomic mass is 10.1. The van der Waals surface area contributed by atoms with E-state index in [9.17, 15) is 4.79 Å². The van der Waals surface area contributed by atoms with Crippen molar-refractivity contribution >= 4 is 28.3 Å². The van der Waals surface area contributed by atoms with Crippen LogP contribution in [-0.4, -0.2) is 46.4 Å². The number of hydrogen-bond acceptors (Lipinski definition) is 6. The Bertz CT molecular complexity index is 1340. The molecule has 158 valence electrons. The molecular weight excluding hydrogens is 400 g/mol. The molecule has 2 aromatic heterocycles. The van der Waals surface area contributed by atoms with E-state index in [-0.39, 0.29) is 0 Å². The number of aromatic nitrogens is 3. The lowest BCUT2D eigenvalue weighted by molar-refractivity contribution is 0.100. The summed E-state index contributed by atoms with van der Waals surface area (Å²) in [5.74, 6) is 6.88. The van der Waals surface area contributed by atoms with E-state index < -0.39 is 5.91 Å². The molecule has 0 unspecified atom stereocenters. The molecular formula is C25H22N6O. The average Bonchev–Trinajstić information content (AvgIpc) is 2.79. The fourth-order valence-corrected chi connectivity index (χ4v) is 3.16. The van der Waals surface area contributed by atoms with Gasteiger partial charge in [-0.05, 0) is 56.6 Å². The number of carbonyl (C=O) groups is 1. The molecule has 0 aliphatic carbocycles. The summed E-state index contributed by atoms with van der Waals surface area (Å²) in [5.41, 5.74) is 8.90. The number of nitrogens with zero attached hydrogens (tertiary/aromatic N) is 4. The second kappa shape index (κ2) is 9.25. The Kier molecular flexibility index (Phi) is 6.06. The Morgan fingerprint density at radius 1 is 1.09 bits per heavy atom. The van der Waals surface area contributed by atoms with Crippen LogP contribution in [0.15, 0.2) is 67.0 Å². The number of rotatable bonds is 5. The van der Waals surface area contributed by atoms with E-state index in [4.69, 9.17) is 15.7 Å². The van der Waals surface area contributed by atoms with Gasteiger partial charge in [-0.3, -0.25) is 14.7 Å². The molecule has 4 aromatic rings. The molecule has 1 amide bonds. The second-order valence-electron chi connectivity index (χ2n) is 7.44. The van der Waals surface area contributed by atoms with Gasteiger partial charge in [0.2, 0.25) is 0 Å². The van der Waals surface area contributed by atoms with E-state index in [0.29, 0.717) is 29.4 Å². The third-order valence-corrected chi connectivity index (χ3v) is 4.69. The van der Waals surface area contributed by atoms with Gasteiger partial charge in [0.1, 0.15) is 5.82 Å². The summed E-state index contributed by atoms with van der Waals surface area (Å²) in [6.07, 6.45) is 3.41. The first kappa shape index (κ1) is 21.0. The van der Waals surface area contributed by atoms with Gasteiger partial charge in [-0.15, -0.1) is 0 Å². The maximum absolute atomic E-state index is 11.9. The Hall–Kier alpha value is -4.28. The lowest BCUT2D eigenvalue weighted by Gasteiger charge is -2.13. The highest BCUT2D eigenvalue weighted by molar-refractivity contribution is 6.01. The number of hydrogen-bond donors (Lipinski definition) is 2. The molecule has 0 aliphatic heterocycles. The molecule has 0 fully saturated rings. The maximum Gasteiger partial charge on any atom is 0.250 e. The predicted molar refractivity (Wildman–Crippen MR) is 126 cm³/mol. The first-order valence-corrected chi connectivity index (χ1v) is 10.0. The van der Waals surface area contributed by atoms with Crippen LogP contribution in [0, 0.1) is 11.8 Å². The van der Waals surface area contributed by atoms with Crippen LogP contribution in [0.4, 0.5) is 11.5 Å². The summed E-state index contributed by atoms with van der Waals surface area (Å²) in [6, 6.07) is 16.6. The fourth-order valence-electron chi connectivity index (χ4n) is 3.16. The minimum absolute atomic E-state index is 0.379. The molecule has 4 rings (SSSR count). The van der Waals surface area contributed by atoms with Gasteiger partial charge in [0.05, 0.1) is 23.3 Å². The van der Waals surface area contributed by atoms with Crippen molar-refractivity contribution in [2.24, 2.45) is 5.73 Å². The van der Waals surface area contributed by atoms with Gasteiger partial charge in [0.25, 0.3) is 5.91 Å². The molecule has 7 nitrogen and oxygen atoms in total. The van der Waals surface area contributed by atoms with Crippen LogP contribution in [0.2, 0.25) is 0 Å². The summed E-state index contributed by atoms with van der Waals surface area (Å²) < 4.78 is 0. The fraction of sp³-hybridized carbons (Fsp3) is 0.120. The Morgan fingerprint density at radius 2 is 1.94 bits per heavy atom. The average molecular weight is 422 g/mol. The predicted octanol–water partition coefficient (Wildman–Crippen LogP) is 3.45. The monoisotopic (exact) mass is 422 g/mol. The molecule has 2 heterocycles. The first-order chi connectivity index (χ1) is 15.5. The molecule has 0 radical (unpaired) electrons. The number of amides is 1. The Labute approximate surface area is 186 Å². The highest BCUT2D eigenvalue weighted by Crippen LogP contribution is 2.29. The summed E-state index contributed by atoms with van der Waals surface area (Å²) in [7, 11) is 3.95. The molecule has 0 aliphatic rings. The van der Waals surface area contributed by atoms with Crippen molar-refractivity contribution in [3.63, 3.8) is 0 Å². The number of para-hydroxylation sites is 1. The van der Waals surface area contributed by atoms with Crippen molar-refractivity contribution in [3.05, 3.63) is 78.1 Å². The zero-order chi connectivity index (χ0) is 22.5. The van der Waals surface area contributed by atoms with Gasteiger partial charge in [0.15, 0.2) is 5.82 Å². The van der Waals surface area contributed by atoms with Crippen molar-refractivity contribution in [1.82, 2.24) is 19.9 Å². The van der Waals surface area contributed by atoms with E-state index in [0.717, 1.165) is 22.0 Å². The van der Waals surface area contributed by atoms with Crippen LogP contribution in [0.1, 0.15) is 15.9 Å². The van der Waals surface area contributed by atoms with Gasteiger partial charge in [-0.1, -0.05) is 24.0 Å². The van der Waals surface area contributed by atoms with Gasteiger partial charge in [0, 0.05) is 28.9 Å². The standard InChI is InChI=1S/C25H22N6O/c1-31(2)14-6-7-17-11-12-22-20(15-17)25(29-21-10-4-3-9-19(21)23(26)32)30-24(28-22)18-8-5-13-27-16-18/h3-5,8-13,15-16H,14H2,1-2H3,(H2,26,32)(H,28,29,30). The molecule has 0 saturated heterocycles. The summed E-state index contributed by atoms with van der Waals surface area (Å²) in [5, 5.41) is 4.07. The minimum atomic E-state index is -0.519. The normalized spacial score (nSPS) is 10.6. The summed E-state index contributed by atoms with van der Waals surface area (Å²) in [6.45, 7) is 0.658. The zero-order valence-corrected chi connectivity index (χ0v) is 17.8. The number of pyridine rings is 1. The van der Waals surface area contributed by atoms with Crippen LogP contribution in [0.25, 0.3) is 22.3 Å². The van der Waals surface area contributed by atoms with Crippen molar-refractivity contribution in [3.8, 4) is 23.2 Å². The maximum atomic E-state index is 11.9. The largest absolute Gasteiger partial charge is 0.366 e. The van der Waals surface area contributed by atoms with Gasteiger partial charge >= 0.3 is 0 Å². The Balaban J connectivity index is 1.86. The molecule has 0 saturated carbocycles. The summed E-state index contributed by atoms with van der Waals surface area (Å²) >= 11 is 0. The molecule has 3 N–H and O–H groups in total. The number of primary amides is 1. The highest BCUT2D eigenvalue weighted by Gasteiger charge is 2.13. The van der Waals surface area contributed by atoms with Crippen molar-refractivity contribution in [2.45, 2.75) is 0 Å². The number of nitrogens with one attached hydrogen (secondary N) is 1. The van der Waals surface area contributed by atoms with Crippen LogP contribution < -0.4 is 11.1 Å². The van der Waals surface area contributed by atoms with Crippen LogP contribution in [0.3, 0.4) is 0 Å². The zero-order valence-electron chi connectivity index (χ0n) is 17.8. The molecule has 2 aromatic carbocycles. The van der Waals surface area contributed by atoms with Crippen LogP contribution in [-0.2, 0) is 0 Å².